The summed E-state index contributed by atoms with van der Waals surface area (Å²) in [5.41, 5.74) is 3.03. The Morgan fingerprint density at radius 1 is 1.19 bits per heavy atom. The third-order valence-electron chi connectivity index (χ3n) is 5.40. The highest BCUT2D eigenvalue weighted by Gasteiger charge is 2.25. The average molecular weight is 436 g/mol. The zero-order chi connectivity index (χ0) is 21.4. The number of fused-ring (bicyclic) bond motifs is 1. The van der Waals surface area contributed by atoms with E-state index in [4.69, 9.17) is 4.74 Å². The number of hydrogen-bond acceptors (Lipinski definition) is 7. The number of rotatable bonds is 4. The van der Waals surface area contributed by atoms with Crippen LogP contribution in [0.5, 0.6) is 5.75 Å². The summed E-state index contributed by atoms with van der Waals surface area (Å²) in [6.07, 6.45) is 5.64. The van der Waals surface area contributed by atoms with Gasteiger partial charge in [0.05, 0.1) is 22.5 Å². The number of aromatic nitrogens is 3. The molecule has 1 N–H and O–H groups in total. The van der Waals surface area contributed by atoms with E-state index in [1.807, 2.05) is 30.3 Å². The number of carbonyl (C=O) groups is 2. The number of imide groups is 1. The minimum atomic E-state index is -0.401. The van der Waals surface area contributed by atoms with Crippen molar-refractivity contribution in [3.05, 3.63) is 53.2 Å². The maximum absolute atomic E-state index is 11.8. The van der Waals surface area contributed by atoms with Gasteiger partial charge in [0.1, 0.15) is 11.9 Å². The van der Waals surface area contributed by atoms with Crippen molar-refractivity contribution in [1.82, 2.24) is 24.8 Å². The Balaban J connectivity index is 1.43. The van der Waals surface area contributed by atoms with Crippen LogP contribution in [0.25, 0.3) is 23.0 Å². The molecule has 0 atom stereocenters. The van der Waals surface area contributed by atoms with Crippen molar-refractivity contribution in [2.24, 2.45) is 0 Å². The van der Waals surface area contributed by atoms with E-state index in [1.165, 1.54) is 0 Å². The molecule has 0 radical (unpaired) electrons. The van der Waals surface area contributed by atoms with Crippen LogP contribution in [-0.2, 0) is 4.79 Å². The van der Waals surface area contributed by atoms with Crippen LogP contribution < -0.4 is 10.1 Å². The SMILES string of the molecule is CN1CCC(Oc2cccc(-c3cnc4ccc(/C=C5\SC(=O)NC5=O)nn34)c2)CC1. The van der Waals surface area contributed by atoms with Gasteiger partial charge in [-0.2, -0.15) is 5.10 Å². The average Bonchev–Trinajstić information content (AvgIpc) is 3.32. The first kappa shape index (κ1) is 19.8. The Morgan fingerprint density at radius 2 is 2.03 bits per heavy atom. The Bertz CT molecular complexity index is 1200. The molecule has 158 valence electrons. The van der Waals surface area contributed by atoms with Crippen molar-refractivity contribution in [2.75, 3.05) is 20.1 Å². The molecule has 0 spiro atoms. The van der Waals surface area contributed by atoms with Gasteiger partial charge in [-0.05, 0) is 62.0 Å². The summed E-state index contributed by atoms with van der Waals surface area (Å²) in [5, 5.41) is 6.49. The molecule has 9 heteroatoms. The van der Waals surface area contributed by atoms with E-state index in [1.54, 1.807) is 22.9 Å². The number of hydrogen-bond donors (Lipinski definition) is 1. The lowest BCUT2D eigenvalue weighted by Crippen LogP contribution is -2.35. The number of benzene rings is 1. The molecule has 4 heterocycles. The van der Waals surface area contributed by atoms with Crippen LogP contribution in [0.1, 0.15) is 18.5 Å². The van der Waals surface area contributed by atoms with Crippen LogP contribution in [0.15, 0.2) is 47.5 Å². The van der Waals surface area contributed by atoms with Gasteiger partial charge < -0.3 is 9.64 Å². The number of amides is 2. The summed E-state index contributed by atoms with van der Waals surface area (Å²) in [5.74, 6) is 0.430. The van der Waals surface area contributed by atoms with Gasteiger partial charge in [-0.1, -0.05) is 12.1 Å². The Morgan fingerprint density at radius 3 is 2.81 bits per heavy atom. The fourth-order valence-electron chi connectivity index (χ4n) is 3.74. The molecule has 2 amide bonds. The molecule has 5 rings (SSSR count). The maximum Gasteiger partial charge on any atom is 0.290 e. The first-order valence-corrected chi connectivity index (χ1v) is 10.9. The zero-order valence-corrected chi connectivity index (χ0v) is 17.8. The topological polar surface area (TPSA) is 88.8 Å². The van der Waals surface area contributed by atoms with E-state index in [0.29, 0.717) is 16.2 Å². The van der Waals surface area contributed by atoms with E-state index >= 15 is 0 Å². The molecular formula is C22H21N5O3S. The Hall–Kier alpha value is -3.17. The van der Waals surface area contributed by atoms with Crippen molar-refractivity contribution >= 4 is 34.6 Å². The molecule has 2 aromatic heterocycles. The minimum Gasteiger partial charge on any atom is -0.490 e. The second-order valence-corrected chi connectivity index (χ2v) is 8.69. The quantitative estimate of drug-likeness (QED) is 0.630. The first-order valence-electron chi connectivity index (χ1n) is 10.1. The fourth-order valence-corrected chi connectivity index (χ4v) is 4.41. The van der Waals surface area contributed by atoms with E-state index in [2.05, 4.69) is 27.3 Å². The molecule has 31 heavy (non-hydrogen) atoms. The molecule has 8 nitrogen and oxygen atoms in total. The number of thioether (sulfide) groups is 1. The number of likely N-dealkylation sites (tertiary alicyclic amines) is 1. The van der Waals surface area contributed by atoms with Crippen LogP contribution in [0.4, 0.5) is 4.79 Å². The van der Waals surface area contributed by atoms with Crippen LogP contribution in [0, 0.1) is 0 Å². The van der Waals surface area contributed by atoms with Crippen molar-refractivity contribution in [2.45, 2.75) is 18.9 Å². The van der Waals surface area contributed by atoms with Gasteiger partial charge in [0.2, 0.25) is 0 Å². The number of piperidine rings is 1. The fraction of sp³-hybridized carbons (Fsp3) is 0.273. The third kappa shape index (κ3) is 4.19. The molecule has 3 aromatic rings. The van der Waals surface area contributed by atoms with E-state index in [-0.39, 0.29) is 11.3 Å². The number of imidazole rings is 1. The summed E-state index contributed by atoms with van der Waals surface area (Å²) in [6, 6.07) is 11.6. The lowest BCUT2D eigenvalue weighted by Gasteiger charge is -2.29. The highest BCUT2D eigenvalue weighted by molar-refractivity contribution is 8.18. The molecule has 2 aliphatic rings. The summed E-state index contributed by atoms with van der Waals surface area (Å²) in [4.78, 5) is 30.3. The van der Waals surface area contributed by atoms with Gasteiger partial charge in [0.15, 0.2) is 5.65 Å². The van der Waals surface area contributed by atoms with Crippen molar-refractivity contribution in [1.29, 1.82) is 0 Å². The summed E-state index contributed by atoms with van der Waals surface area (Å²) >= 11 is 0.872. The summed E-state index contributed by atoms with van der Waals surface area (Å²) in [6.45, 7) is 2.09. The van der Waals surface area contributed by atoms with Gasteiger partial charge >= 0.3 is 0 Å². The molecule has 2 aliphatic heterocycles. The lowest BCUT2D eigenvalue weighted by atomic mass is 10.1. The highest BCUT2D eigenvalue weighted by Crippen LogP contribution is 2.28. The van der Waals surface area contributed by atoms with Gasteiger partial charge in [-0.15, -0.1) is 0 Å². The second kappa shape index (κ2) is 8.16. The molecule has 2 fully saturated rings. The van der Waals surface area contributed by atoms with E-state index in [9.17, 15) is 9.59 Å². The highest BCUT2D eigenvalue weighted by atomic mass is 32.2. The summed E-state index contributed by atoms with van der Waals surface area (Å²) < 4.78 is 7.96. The maximum atomic E-state index is 11.8. The Kier molecular flexibility index (Phi) is 5.21. The van der Waals surface area contributed by atoms with Crippen LogP contribution in [0.3, 0.4) is 0 Å². The first-order chi connectivity index (χ1) is 15.0. The normalized spacial score (nSPS) is 19.3. The predicted octanol–water partition coefficient (Wildman–Crippen LogP) is 3.19. The van der Waals surface area contributed by atoms with Gasteiger partial charge in [0, 0.05) is 18.7 Å². The number of nitrogens with zero attached hydrogens (tertiary/aromatic N) is 4. The molecule has 0 unspecified atom stereocenters. The lowest BCUT2D eigenvalue weighted by molar-refractivity contribution is -0.115. The third-order valence-corrected chi connectivity index (χ3v) is 6.21. The molecule has 0 saturated carbocycles. The van der Waals surface area contributed by atoms with Crippen LogP contribution in [-0.4, -0.2) is 56.9 Å². The van der Waals surface area contributed by atoms with Crippen molar-refractivity contribution in [3.63, 3.8) is 0 Å². The van der Waals surface area contributed by atoms with Crippen LogP contribution >= 0.6 is 11.8 Å². The number of ether oxygens (including phenoxy) is 1. The zero-order valence-electron chi connectivity index (χ0n) is 16.9. The number of carbonyl (C=O) groups excluding carboxylic acids is 2. The standard InChI is InChI=1S/C22H21N5O3S/c1-26-9-7-16(8-10-26)30-17-4-2-3-14(11-17)18-13-23-20-6-5-15(25-27(18)20)12-19-21(28)24-22(29)31-19/h2-6,11-13,16H,7-10H2,1H3,(H,24,28,29)/b19-12-. The van der Waals surface area contributed by atoms with Crippen molar-refractivity contribution < 1.29 is 14.3 Å². The molecule has 0 aliphatic carbocycles. The van der Waals surface area contributed by atoms with Gasteiger partial charge in [0.25, 0.3) is 11.1 Å². The minimum absolute atomic E-state index is 0.225. The molecule has 0 bridgehead atoms. The molecule has 2 saturated heterocycles. The number of nitrogens with one attached hydrogen (secondary N) is 1. The molecular weight excluding hydrogens is 414 g/mol. The smallest absolute Gasteiger partial charge is 0.290 e. The summed E-state index contributed by atoms with van der Waals surface area (Å²) in [7, 11) is 2.13. The largest absolute Gasteiger partial charge is 0.490 e. The predicted molar refractivity (Wildman–Crippen MR) is 119 cm³/mol. The van der Waals surface area contributed by atoms with Gasteiger partial charge in [-0.25, -0.2) is 9.50 Å². The van der Waals surface area contributed by atoms with Crippen molar-refractivity contribution in [3.8, 4) is 17.0 Å². The van der Waals surface area contributed by atoms with E-state index in [0.717, 1.165) is 54.7 Å². The molecule has 1 aromatic carbocycles. The van der Waals surface area contributed by atoms with Crippen LogP contribution in [0.2, 0.25) is 0 Å². The Labute approximate surface area is 183 Å². The van der Waals surface area contributed by atoms with Gasteiger partial charge in [-0.3, -0.25) is 14.9 Å². The monoisotopic (exact) mass is 435 g/mol. The van der Waals surface area contributed by atoms with E-state index < -0.39 is 5.91 Å². The second-order valence-electron chi connectivity index (χ2n) is 7.67.